The largest absolute Gasteiger partial charge is 0.449 e. The number of ether oxygens (including phenoxy) is 1. The maximum atomic E-state index is 11.2. The van der Waals surface area contributed by atoms with Gasteiger partial charge < -0.3 is 14.7 Å². The van der Waals surface area contributed by atoms with E-state index in [9.17, 15) is 4.79 Å². The van der Waals surface area contributed by atoms with E-state index in [2.05, 4.69) is 0 Å². The number of hydrogen-bond acceptors (Lipinski definition) is 3. The van der Waals surface area contributed by atoms with Gasteiger partial charge in [-0.3, -0.25) is 0 Å². The zero-order valence-electron chi connectivity index (χ0n) is 8.62. The highest BCUT2D eigenvalue weighted by Crippen LogP contribution is 1.96. The first-order chi connectivity index (χ1) is 6.11. The standard InChI is InChI=1S/C9H19NO3/c1-4-10(5-2)9(12)13-7-6-8(3)11/h8,11H,4-7H2,1-3H3. The second kappa shape index (κ2) is 6.71. The van der Waals surface area contributed by atoms with Gasteiger partial charge in [-0.05, 0) is 20.8 Å². The normalized spacial score (nSPS) is 12.3. The number of carbonyl (C=O) groups is 1. The van der Waals surface area contributed by atoms with Crippen molar-refractivity contribution < 1.29 is 14.6 Å². The van der Waals surface area contributed by atoms with Crippen molar-refractivity contribution in [1.82, 2.24) is 4.90 Å². The summed E-state index contributed by atoms with van der Waals surface area (Å²) in [5.41, 5.74) is 0. The van der Waals surface area contributed by atoms with Gasteiger partial charge in [0.15, 0.2) is 0 Å². The van der Waals surface area contributed by atoms with Crippen molar-refractivity contribution in [1.29, 1.82) is 0 Å². The number of carbonyl (C=O) groups excluding carboxylic acids is 1. The van der Waals surface area contributed by atoms with Gasteiger partial charge in [-0.15, -0.1) is 0 Å². The molecule has 0 fully saturated rings. The van der Waals surface area contributed by atoms with Crippen molar-refractivity contribution >= 4 is 6.09 Å². The summed E-state index contributed by atoms with van der Waals surface area (Å²) in [6, 6.07) is 0. The van der Waals surface area contributed by atoms with Crippen LogP contribution in [-0.2, 0) is 4.74 Å². The molecule has 0 radical (unpaired) electrons. The fourth-order valence-electron chi connectivity index (χ4n) is 0.890. The summed E-state index contributed by atoms with van der Waals surface area (Å²) in [6.45, 7) is 7.07. The molecule has 0 aromatic carbocycles. The molecule has 0 heterocycles. The van der Waals surface area contributed by atoms with E-state index in [4.69, 9.17) is 9.84 Å². The zero-order valence-corrected chi connectivity index (χ0v) is 8.62. The molecule has 0 spiro atoms. The summed E-state index contributed by atoms with van der Waals surface area (Å²) in [5.74, 6) is 0. The van der Waals surface area contributed by atoms with Crippen LogP contribution in [0.2, 0.25) is 0 Å². The summed E-state index contributed by atoms with van der Waals surface area (Å²) in [6.07, 6.45) is -0.220. The van der Waals surface area contributed by atoms with Crippen LogP contribution in [0, 0.1) is 0 Å². The van der Waals surface area contributed by atoms with E-state index in [0.717, 1.165) is 0 Å². The minimum atomic E-state index is -0.412. The van der Waals surface area contributed by atoms with E-state index in [1.807, 2.05) is 13.8 Å². The average Bonchev–Trinajstić information content (AvgIpc) is 2.05. The van der Waals surface area contributed by atoms with Gasteiger partial charge in [-0.2, -0.15) is 0 Å². The Kier molecular flexibility index (Phi) is 6.32. The van der Waals surface area contributed by atoms with E-state index in [1.165, 1.54) is 0 Å². The molecule has 0 aromatic rings. The summed E-state index contributed by atoms with van der Waals surface area (Å²) in [7, 11) is 0. The lowest BCUT2D eigenvalue weighted by Gasteiger charge is -2.18. The van der Waals surface area contributed by atoms with Gasteiger partial charge in [-0.1, -0.05) is 0 Å². The molecule has 1 amide bonds. The Bertz CT molecular complexity index is 144. The van der Waals surface area contributed by atoms with Crippen LogP contribution in [0.1, 0.15) is 27.2 Å². The van der Waals surface area contributed by atoms with E-state index < -0.39 is 6.10 Å². The molecule has 0 rings (SSSR count). The fraction of sp³-hybridized carbons (Fsp3) is 0.889. The van der Waals surface area contributed by atoms with Crippen molar-refractivity contribution in [3.63, 3.8) is 0 Å². The van der Waals surface area contributed by atoms with Gasteiger partial charge >= 0.3 is 6.09 Å². The molecule has 78 valence electrons. The van der Waals surface area contributed by atoms with E-state index >= 15 is 0 Å². The highest BCUT2D eigenvalue weighted by Gasteiger charge is 2.10. The predicted octanol–water partition coefficient (Wildman–Crippen LogP) is 1.24. The SMILES string of the molecule is CCN(CC)C(=O)OCCC(C)O. The number of nitrogens with zero attached hydrogens (tertiary/aromatic N) is 1. The van der Waals surface area contributed by atoms with Crippen LogP contribution in [0.3, 0.4) is 0 Å². The smallest absolute Gasteiger partial charge is 0.409 e. The molecule has 4 heteroatoms. The summed E-state index contributed by atoms with van der Waals surface area (Å²) in [4.78, 5) is 12.8. The molecule has 4 nitrogen and oxygen atoms in total. The monoisotopic (exact) mass is 189 g/mol. The molecule has 0 saturated heterocycles. The van der Waals surface area contributed by atoms with Crippen LogP contribution in [0.5, 0.6) is 0 Å². The van der Waals surface area contributed by atoms with Crippen molar-refractivity contribution in [3.8, 4) is 0 Å². The van der Waals surface area contributed by atoms with Crippen LogP contribution < -0.4 is 0 Å². The molecule has 0 aliphatic heterocycles. The molecule has 0 saturated carbocycles. The van der Waals surface area contributed by atoms with Crippen LogP contribution >= 0.6 is 0 Å². The maximum Gasteiger partial charge on any atom is 0.409 e. The Labute approximate surface area is 79.5 Å². The van der Waals surface area contributed by atoms with Crippen LogP contribution in [0.4, 0.5) is 4.79 Å². The summed E-state index contributed by atoms with van der Waals surface area (Å²) >= 11 is 0. The van der Waals surface area contributed by atoms with Crippen LogP contribution in [0.25, 0.3) is 0 Å². The number of aliphatic hydroxyl groups is 1. The Balaban J connectivity index is 3.60. The van der Waals surface area contributed by atoms with Gasteiger partial charge in [0, 0.05) is 19.5 Å². The van der Waals surface area contributed by atoms with E-state index in [1.54, 1.807) is 11.8 Å². The minimum absolute atomic E-state index is 0.285. The predicted molar refractivity (Wildman–Crippen MR) is 50.6 cm³/mol. The third kappa shape index (κ3) is 5.47. The lowest BCUT2D eigenvalue weighted by molar-refractivity contribution is 0.0864. The maximum absolute atomic E-state index is 11.2. The number of rotatable bonds is 5. The quantitative estimate of drug-likeness (QED) is 0.707. The lowest BCUT2D eigenvalue weighted by atomic mass is 10.3. The first kappa shape index (κ1) is 12.2. The lowest BCUT2D eigenvalue weighted by Crippen LogP contribution is -2.31. The molecular formula is C9H19NO3. The highest BCUT2D eigenvalue weighted by molar-refractivity contribution is 5.67. The van der Waals surface area contributed by atoms with Crippen molar-refractivity contribution in [2.75, 3.05) is 19.7 Å². The Morgan fingerprint density at radius 1 is 1.46 bits per heavy atom. The minimum Gasteiger partial charge on any atom is -0.449 e. The van der Waals surface area contributed by atoms with Gasteiger partial charge in [0.1, 0.15) is 0 Å². The zero-order chi connectivity index (χ0) is 10.3. The average molecular weight is 189 g/mol. The molecule has 0 bridgehead atoms. The van der Waals surface area contributed by atoms with Crippen LogP contribution in [-0.4, -0.2) is 41.9 Å². The first-order valence-electron chi connectivity index (χ1n) is 4.71. The summed E-state index contributed by atoms with van der Waals surface area (Å²) < 4.78 is 4.92. The number of aliphatic hydroxyl groups excluding tert-OH is 1. The van der Waals surface area contributed by atoms with Gasteiger partial charge in [0.25, 0.3) is 0 Å². The van der Waals surface area contributed by atoms with Crippen molar-refractivity contribution in [2.45, 2.75) is 33.3 Å². The number of hydrogen-bond donors (Lipinski definition) is 1. The molecular weight excluding hydrogens is 170 g/mol. The molecule has 13 heavy (non-hydrogen) atoms. The first-order valence-corrected chi connectivity index (χ1v) is 4.71. The number of amides is 1. The molecule has 0 aliphatic carbocycles. The second-order valence-corrected chi connectivity index (χ2v) is 2.92. The molecule has 0 aliphatic rings. The Morgan fingerprint density at radius 2 is 2.00 bits per heavy atom. The Hall–Kier alpha value is -0.770. The van der Waals surface area contributed by atoms with Crippen molar-refractivity contribution in [2.24, 2.45) is 0 Å². The fourth-order valence-corrected chi connectivity index (χ4v) is 0.890. The van der Waals surface area contributed by atoms with Crippen LogP contribution in [0.15, 0.2) is 0 Å². The van der Waals surface area contributed by atoms with Gasteiger partial charge in [-0.25, -0.2) is 4.79 Å². The Morgan fingerprint density at radius 3 is 2.38 bits per heavy atom. The van der Waals surface area contributed by atoms with E-state index in [-0.39, 0.29) is 12.7 Å². The molecule has 1 unspecified atom stereocenters. The van der Waals surface area contributed by atoms with E-state index in [0.29, 0.717) is 19.5 Å². The molecule has 1 atom stereocenters. The van der Waals surface area contributed by atoms with Gasteiger partial charge in [0.05, 0.1) is 12.7 Å². The topological polar surface area (TPSA) is 49.8 Å². The summed E-state index contributed by atoms with van der Waals surface area (Å²) in [5, 5.41) is 8.91. The third-order valence-electron chi connectivity index (χ3n) is 1.78. The third-order valence-corrected chi connectivity index (χ3v) is 1.78. The molecule has 0 aromatic heterocycles. The second-order valence-electron chi connectivity index (χ2n) is 2.92. The van der Waals surface area contributed by atoms with Gasteiger partial charge in [0.2, 0.25) is 0 Å². The molecule has 1 N–H and O–H groups in total. The highest BCUT2D eigenvalue weighted by atomic mass is 16.6. The van der Waals surface area contributed by atoms with Crippen molar-refractivity contribution in [3.05, 3.63) is 0 Å².